The fraction of sp³-hybridized carbons (Fsp3) is 0.174. The quantitative estimate of drug-likeness (QED) is 0.684. The number of aromatic hydroxyl groups is 1. The van der Waals surface area contributed by atoms with E-state index in [0.29, 0.717) is 22.9 Å². The molecule has 0 bridgehead atoms. The molecule has 146 valence electrons. The predicted octanol–water partition coefficient (Wildman–Crippen LogP) is 3.76. The third-order valence-corrected chi connectivity index (χ3v) is 4.93. The standard InChI is InChI=1S/C23H19NO5/c1-28-20(26)13-29-23(27)21-17-4-2-3-5-19(17)24-22-15(8-11-18(21)22)12-14-6-9-16(25)10-7-14/h2-7,9-10,12,25H,8,11,13H2,1H3. The van der Waals surface area contributed by atoms with E-state index in [1.807, 2.05) is 42.5 Å². The summed E-state index contributed by atoms with van der Waals surface area (Å²) in [4.78, 5) is 29.0. The van der Waals surface area contributed by atoms with E-state index in [9.17, 15) is 14.7 Å². The molecule has 29 heavy (non-hydrogen) atoms. The third-order valence-electron chi connectivity index (χ3n) is 4.93. The third kappa shape index (κ3) is 3.69. The van der Waals surface area contributed by atoms with Crippen molar-refractivity contribution < 1.29 is 24.2 Å². The molecule has 6 nitrogen and oxygen atoms in total. The maximum atomic E-state index is 12.8. The minimum Gasteiger partial charge on any atom is -0.508 e. The van der Waals surface area contributed by atoms with Crippen molar-refractivity contribution in [2.75, 3.05) is 13.7 Å². The van der Waals surface area contributed by atoms with Gasteiger partial charge in [0.2, 0.25) is 0 Å². The zero-order valence-electron chi connectivity index (χ0n) is 15.8. The van der Waals surface area contributed by atoms with Crippen LogP contribution in [0.2, 0.25) is 0 Å². The summed E-state index contributed by atoms with van der Waals surface area (Å²) in [6.45, 7) is -0.434. The Morgan fingerprint density at radius 3 is 2.62 bits per heavy atom. The summed E-state index contributed by atoms with van der Waals surface area (Å²) in [5.41, 5.74) is 4.68. The summed E-state index contributed by atoms with van der Waals surface area (Å²) in [6.07, 6.45) is 3.40. The number of nitrogens with zero attached hydrogens (tertiary/aromatic N) is 1. The molecule has 3 aromatic rings. The van der Waals surface area contributed by atoms with Gasteiger partial charge in [-0.25, -0.2) is 14.6 Å². The molecule has 0 aliphatic heterocycles. The van der Waals surface area contributed by atoms with Crippen LogP contribution in [0.1, 0.15) is 33.6 Å². The van der Waals surface area contributed by atoms with Crippen LogP contribution in [0.25, 0.3) is 22.6 Å². The molecule has 0 unspecified atom stereocenters. The number of fused-ring (bicyclic) bond motifs is 2. The number of hydrogen-bond acceptors (Lipinski definition) is 6. The number of hydrogen-bond donors (Lipinski definition) is 1. The lowest BCUT2D eigenvalue weighted by Crippen LogP contribution is -2.17. The zero-order valence-corrected chi connectivity index (χ0v) is 15.8. The van der Waals surface area contributed by atoms with E-state index in [4.69, 9.17) is 9.72 Å². The Morgan fingerprint density at radius 1 is 1.10 bits per heavy atom. The lowest BCUT2D eigenvalue weighted by atomic mass is 10.0. The summed E-state index contributed by atoms with van der Waals surface area (Å²) >= 11 is 0. The first-order valence-corrected chi connectivity index (χ1v) is 9.22. The fourth-order valence-corrected chi connectivity index (χ4v) is 3.54. The maximum absolute atomic E-state index is 12.8. The number of phenols is 1. The van der Waals surface area contributed by atoms with Gasteiger partial charge >= 0.3 is 11.9 Å². The van der Waals surface area contributed by atoms with Gasteiger partial charge in [-0.15, -0.1) is 0 Å². The van der Waals surface area contributed by atoms with E-state index < -0.39 is 18.5 Å². The molecule has 0 saturated heterocycles. The average molecular weight is 389 g/mol. The molecule has 1 heterocycles. The van der Waals surface area contributed by atoms with Gasteiger partial charge in [-0.05, 0) is 53.8 Å². The fourth-order valence-electron chi connectivity index (χ4n) is 3.54. The number of allylic oxidation sites excluding steroid dienone is 1. The highest BCUT2D eigenvalue weighted by Crippen LogP contribution is 2.37. The second kappa shape index (κ2) is 7.75. The minimum absolute atomic E-state index is 0.207. The minimum atomic E-state index is -0.610. The van der Waals surface area contributed by atoms with Gasteiger partial charge in [-0.1, -0.05) is 30.3 Å². The molecule has 1 aromatic heterocycles. The van der Waals surface area contributed by atoms with Crippen molar-refractivity contribution in [3.63, 3.8) is 0 Å². The van der Waals surface area contributed by atoms with Crippen molar-refractivity contribution in [1.29, 1.82) is 0 Å². The Bertz CT molecular complexity index is 1130. The molecule has 1 N–H and O–H groups in total. The monoisotopic (exact) mass is 389 g/mol. The van der Waals surface area contributed by atoms with E-state index in [1.54, 1.807) is 12.1 Å². The number of phenolic OH excluding ortho intramolecular Hbond substituents is 1. The molecular formula is C23H19NO5. The van der Waals surface area contributed by atoms with E-state index in [0.717, 1.165) is 28.8 Å². The van der Waals surface area contributed by atoms with Gasteiger partial charge in [0.1, 0.15) is 5.75 Å². The van der Waals surface area contributed by atoms with Crippen molar-refractivity contribution in [3.8, 4) is 5.75 Å². The van der Waals surface area contributed by atoms with Crippen LogP contribution in [0.4, 0.5) is 0 Å². The normalized spacial score (nSPS) is 14.0. The summed E-state index contributed by atoms with van der Waals surface area (Å²) in [5.74, 6) is -0.962. The van der Waals surface area contributed by atoms with Crippen molar-refractivity contribution >= 4 is 34.5 Å². The van der Waals surface area contributed by atoms with Crippen LogP contribution in [-0.2, 0) is 20.7 Å². The highest BCUT2D eigenvalue weighted by Gasteiger charge is 2.27. The Hall–Kier alpha value is -3.67. The number of pyridine rings is 1. The van der Waals surface area contributed by atoms with Crippen LogP contribution in [0.15, 0.2) is 48.5 Å². The topological polar surface area (TPSA) is 85.7 Å². The molecule has 2 aromatic carbocycles. The second-order valence-corrected chi connectivity index (χ2v) is 6.74. The Morgan fingerprint density at radius 2 is 1.86 bits per heavy atom. The summed E-state index contributed by atoms with van der Waals surface area (Å²) in [7, 11) is 1.25. The lowest BCUT2D eigenvalue weighted by molar-refractivity contribution is -0.144. The van der Waals surface area contributed by atoms with Gasteiger partial charge in [-0.3, -0.25) is 0 Å². The summed E-state index contributed by atoms with van der Waals surface area (Å²) in [6, 6.07) is 14.3. The number of carbonyl (C=O) groups is 2. The number of methoxy groups -OCH3 is 1. The molecule has 6 heteroatoms. The molecular weight excluding hydrogens is 370 g/mol. The molecule has 0 fully saturated rings. The van der Waals surface area contributed by atoms with Crippen LogP contribution < -0.4 is 0 Å². The number of aromatic nitrogens is 1. The van der Waals surface area contributed by atoms with Crippen LogP contribution in [0.5, 0.6) is 5.75 Å². The molecule has 0 saturated carbocycles. The Balaban J connectivity index is 1.80. The highest BCUT2D eigenvalue weighted by atomic mass is 16.6. The first kappa shape index (κ1) is 18.7. The molecule has 1 aliphatic carbocycles. The second-order valence-electron chi connectivity index (χ2n) is 6.74. The molecule has 0 spiro atoms. The van der Waals surface area contributed by atoms with Crippen LogP contribution in [0.3, 0.4) is 0 Å². The van der Waals surface area contributed by atoms with Gasteiger partial charge < -0.3 is 14.6 Å². The molecule has 0 radical (unpaired) electrons. The SMILES string of the molecule is COC(=O)COC(=O)c1c2c(nc3ccccc13)C(=Cc1ccc(O)cc1)CC2. The average Bonchev–Trinajstić information content (AvgIpc) is 3.13. The van der Waals surface area contributed by atoms with Gasteiger partial charge in [-0.2, -0.15) is 0 Å². The first-order valence-electron chi connectivity index (χ1n) is 9.22. The van der Waals surface area contributed by atoms with E-state index in [-0.39, 0.29) is 5.75 Å². The van der Waals surface area contributed by atoms with Crippen LogP contribution in [0, 0.1) is 0 Å². The van der Waals surface area contributed by atoms with Crippen molar-refractivity contribution in [1.82, 2.24) is 4.98 Å². The van der Waals surface area contributed by atoms with Crippen LogP contribution >= 0.6 is 0 Å². The summed E-state index contributed by atoms with van der Waals surface area (Å²) < 4.78 is 9.75. The van der Waals surface area contributed by atoms with E-state index in [2.05, 4.69) is 4.74 Å². The van der Waals surface area contributed by atoms with Crippen molar-refractivity contribution in [2.45, 2.75) is 12.8 Å². The number of ether oxygens (including phenoxy) is 2. The van der Waals surface area contributed by atoms with Gasteiger partial charge in [0.05, 0.1) is 23.9 Å². The number of carbonyl (C=O) groups excluding carboxylic acids is 2. The van der Waals surface area contributed by atoms with Gasteiger partial charge in [0.15, 0.2) is 6.61 Å². The molecule has 0 amide bonds. The Kier molecular flexibility index (Phi) is 4.99. The number of rotatable bonds is 4. The number of esters is 2. The van der Waals surface area contributed by atoms with Crippen molar-refractivity contribution in [2.24, 2.45) is 0 Å². The van der Waals surface area contributed by atoms with Gasteiger partial charge in [0.25, 0.3) is 0 Å². The molecule has 0 atom stereocenters. The van der Waals surface area contributed by atoms with Crippen molar-refractivity contribution in [3.05, 3.63) is 70.9 Å². The molecule has 4 rings (SSSR count). The predicted molar refractivity (Wildman–Crippen MR) is 108 cm³/mol. The van der Waals surface area contributed by atoms with E-state index in [1.165, 1.54) is 7.11 Å². The molecule has 1 aliphatic rings. The van der Waals surface area contributed by atoms with E-state index >= 15 is 0 Å². The van der Waals surface area contributed by atoms with Gasteiger partial charge in [0, 0.05) is 5.39 Å². The van der Waals surface area contributed by atoms with Crippen LogP contribution in [-0.4, -0.2) is 35.7 Å². The number of benzene rings is 2. The number of para-hydroxylation sites is 1. The summed E-state index contributed by atoms with van der Waals surface area (Å²) in [5, 5.41) is 10.2. The smallest absolute Gasteiger partial charge is 0.344 e. The highest BCUT2D eigenvalue weighted by molar-refractivity contribution is 6.07. The Labute approximate surface area is 167 Å². The zero-order chi connectivity index (χ0) is 20.4. The largest absolute Gasteiger partial charge is 0.508 e. The maximum Gasteiger partial charge on any atom is 0.344 e. The first-order chi connectivity index (χ1) is 14.1. The lowest BCUT2D eigenvalue weighted by Gasteiger charge is -2.12.